The first-order valence-corrected chi connectivity index (χ1v) is 8.43. The van der Waals surface area contributed by atoms with Crippen molar-refractivity contribution in [3.05, 3.63) is 46.8 Å². The molecule has 126 valence electrons. The molecule has 0 bridgehead atoms. The van der Waals surface area contributed by atoms with E-state index in [4.69, 9.17) is 17.3 Å². The summed E-state index contributed by atoms with van der Waals surface area (Å²) in [6.45, 7) is 1.82. The Bertz CT molecular complexity index is 801. The highest BCUT2D eigenvalue weighted by atomic mass is 35.5. The van der Waals surface area contributed by atoms with Crippen molar-refractivity contribution < 1.29 is 9.59 Å². The van der Waals surface area contributed by atoms with Gasteiger partial charge in [0.1, 0.15) is 5.15 Å². The minimum absolute atomic E-state index is 0.146. The minimum atomic E-state index is -0.414. The SMILES string of the molecule is Cc1nn(C)c(Cl)c1/C=C/C(=O)Nc1ccccc1SCC(N)=O. The molecule has 0 radical (unpaired) electrons. The highest BCUT2D eigenvalue weighted by Gasteiger charge is 2.09. The van der Waals surface area contributed by atoms with Gasteiger partial charge in [-0.25, -0.2) is 0 Å². The smallest absolute Gasteiger partial charge is 0.248 e. The van der Waals surface area contributed by atoms with Crippen molar-refractivity contribution in [1.29, 1.82) is 0 Å². The van der Waals surface area contributed by atoms with Gasteiger partial charge in [0.2, 0.25) is 11.8 Å². The van der Waals surface area contributed by atoms with Gasteiger partial charge in [0, 0.05) is 23.6 Å². The molecule has 0 saturated carbocycles. The van der Waals surface area contributed by atoms with E-state index in [9.17, 15) is 9.59 Å². The molecule has 2 aromatic rings. The number of primary amides is 1. The third kappa shape index (κ3) is 4.62. The Labute approximate surface area is 149 Å². The topological polar surface area (TPSA) is 90.0 Å². The summed E-state index contributed by atoms with van der Waals surface area (Å²) in [4.78, 5) is 23.8. The number of aromatic nitrogens is 2. The number of nitrogens with zero attached hydrogens (tertiary/aromatic N) is 2. The van der Waals surface area contributed by atoms with Crippen LogP contribution in [0.1, 0.15) is 11.3 Å². The molecule has 24 heavy (non-hydrogen) atoms. The Morgan fingerprint density at radius 3 is 2.75 bits per heavy atom. The first-order valence-electron chi connectivity index (χ1n) is 7.06. The van der Waals surface area contributed by atoms with Crippen LogP contribution in [-0.2, 0) is 16.6 Å². The lowest BCUT2D eigenvalue weighted by Gasteiger charge is -2.08. The van der Waals surface area contributed by atoms with E-state index < -0.39 is 5.91 Å². The van der Waals surface area contributed by atoms with E-state index in [1.807, 2.05) is 19.1 Å². The van der Waals surface area contributed by atoms with E-state index in [2.05, 4.69) is 10.4 Å². The minimum Gasteiger partial charge on any atom is -0.369 e. The molecule has 2 rings (SSSR count). The Balaban J connectivity index is 2.10. The molecule has 0 atom stereocenters. The van der Waals surface area contributed by atoms with Crippen molar-refractivity contribution in [2.45, 2.75) is 11.8 Å². The maximum absolute atomic E-state index is 12.1. The quantitative estimate of drug-likeness (QED) is 0.609. The van der Waals surface area contributed by atoms with E-state index >= 15 is 0 Å². The van der Waals surface area contributed by atoms with Crippen LogP contribution < -0.4 is 11.1 Å². The van der Waals surface area contributed by atoms with E-state index in [0.29, 0.717) is 16.4 Å². The molecule has 2 amide bonds. The highest BCUT2D eigenvalue weighted by Crippen LogP contribution is 2.27. The molecule has 0 unspecified atom stereocenters. The molecule has 1 aromatic carbocycles. The number of anilines is 1. The number of carbonyl (C=O) groups excluding carboxylic acids is 2. The van der Waals surface area contributed by atoms with Crippen molar-refractivity contribution >= 4 is 46.9 Å². The number of aryl methyl sites for hydroxylation is 2. The van der Waals surface area contributed by atoms with Gasteiger partial charge < -0.3 is 11.1 Å². The molecule has 0 fully saturated rings. The van der Waals surface area contributed by atoms with Crippen molar-refractivity contribution in [3.63, 3.8) is 0 Å². The monoisotopic (exact) mass is 364 g/mol. The number of hydrogen-bond donors (Lipinski definition) is 2. The number of hydrogen-bond acceptors (Lipinski definition) is 4. The standard InChI is InChI=1S/C16H17ClN4O2S/c1-10-11(16(17)21(2)20-10)7-8-15(23)19-12-5-3-4-6-13(12)24-9-14(18)22/h3-8H,9H2,1-2H3,(H2,18,22)(H,19,23)/b8-7+. The maximum Gasteiger partial charge on any atom is 0.248 e. The third-order valence-corrected chi connectivity index (χ3v) is 4.66. The number of para-hydroxylation sites is 1. The number of rotatable bonds is 6. The summed E-state index contributed by atoms with van der Waals surface area (Å²) < 4.78 is 1.55. The summed E-state index contributed by atoms with van der Waals surface area (Å²) in [5.74, 6) is -0.572. The first kappa shape index (κ1) is 18.1. The van der Waals surface area contributed by atoms with Crippen molar-refractivity contribution in [1.82, 2.24) is 9.78 Å². The Hall–Kier alpha value is -2.25. The molecule has 3 N–H and O–H groups in total. The van der Waals surface area contributed by atoms with Gasteiger partial charge in [0.15, 0.2) is 0 Å². The van der Waals surface area contributed by atoms with Crippen LogP contribution in [0.5, 0.6) is 0 Å². The van der Waals surface area contributed by atoms with Gasteiger partial charge in [0.05, 0.1) is 17.1 Å². The average molecular weight is 365 g/mol. The van der Waals surface area contributed by atoms with Crippen LogP contribution in [-0.4, -0.2) is 27.3 Å². The van der Waals surface area contributed by atoms with Gasteiger partial charge in [-0.2, -0.15) is 5.10 Å². The summed E-state index contributed by atoms with van der Waals surface area (Å²) in [5, 5.41) is 7.43. The first-order chi connectivity index (χ1) is 11.4. The second-order valence-corrected chi connectivity index (χ2v) is 6.36. The van der Waals surface area contributed by atoms with Crippen LogP contribution in [0, 0.1) is 6.92 Å². The normalized spacial score (nSPS) is 11.0. The summed E-state index contributed by atoms with van der Waals surface area (Å²) in [7, 11) is 1.74. The van der Waals surface area contributed by atoms with Gasteiger partial charge in [-0.1, -0.05) is 23.7 Å². The third-order valence-electron chi connectivity index (χ3n) is 3.11. The fraction of sp³-hybridized carbons (Fsp3) is 0.188. The lowest BCUT2D eigenvalue weighted by atomic mass is 10.2. The van der Waals surface area contributed by atoms with Crippen LogP contribution in [0.25, 0.3) is 6.08 Å². The average Bonchev–Trinajstić information content (AvgIpc) is 2.77. The Morgan fingerprint density at radius 2 is 2.12 bits per heavy atom. The van der Waals surface area contributed by atoms with Crippen molar-refractivity contribution in [2.75, 3.05) is 11.1 Å². The van der Waals surface area contributed by atoms with Crippen LogP contribution in [0.2, 0.25) is 5.15 Å². The number of carbonyl (C=O) groups is 2. The second-order valence-electron chi connectivity index (χ2n) is 4.99. The Kier molecular flexibility index (Phi) is 6.05. The molecule has 1 heterocycles. The molecule has 0 aliphatic heterocycles. The molecule has 0 spiro atoms. The largest absolute Gasteiger partial charge is 0.369 e. The molecule has 1 aromatic heterocycles. The predicted octanol–water partition coefficient (Wildman–Crippen LogP) is 2.61. The molecule has 8 heteroatoms. The van der Waals surface area contributed by atoms with E-state index in [1.54, 1.807) is 29.9 Å². The molecular weight excluding hydrogens is 348 g/mol. The van der Waals surface area contributed by atoms with E-state index in [0.717, 1.165) is 10.6 Å². The molecule has 0 aliphatic rings. The second kappa shape index (κ2) is 8.03. The van der Waals surface area contributed by atoms with Crippen LogP contribution >= 0.6 is 23.4 Å². The number of halogens is 1. The van der Waals surface area contributed by atoms with E-state index in [1.165, 1.54) is 17.8 Å². The summed E-state index contributed by atoms with van der Waals surface area (Å²) >= 11 is 7.40. The lowest BCUT2D eigenvalue weighted by molar-refractivity contribution is -0.115. The zero-order valence-electron chi connectivity index (χ0n) is 13.2. The van der Waals surface area contributed by atoms with Gasteiger partial charge in [-0.05, 0) is 25.1 Å². The number of benzene rings is 1. The maximum atomic E-state index is 12.1. The molecular formula is C16H17ClN4O2S. The number of amides is 2. The van der Waals surface area contributed by atoms with Crippen molar-refractivity contribution in [3.8, 4) is 0 Å². The zero-order valence-corrected chi connectivity index (χ0v) is 14.8. The van der Waals surface area contributed by atoms with Gasteiger partial charge >= 0.3 is 0 Å². The number of nitrogens with one attached hydrogen (secondary N) is 1. The summed E-state index contributed by atoms with van der Waals surface area (Å²) in [5.41, 5.74) is 7.21. The van der Waals surface area contributed by atoms with Gasteiger partial charge in [-0.15, -0.1) is 11.8 Å². The fourth-order valence-corrected chi connectivity index (χ4v) is 3.00. The van der Waals surface area contributed by atoms with Crippen LogP contribution in [0.4, 0.5) is 5.69 Å². The molecule has 6 nitrogen and oxygen atoms in total. The molecule has 0 aliphatic carbocycles. The van der Waals surface area contributed by atoms with Gasteiger partial charge in [0.25, 0.3) is 0 Å². The Morgan fingerprint density at radius 1 is 1.42 bits per heavy atom. The van der Waals surface area contributed by atoms with Crippen LogP contribution in [0.15, 0.2) is 35.2 Å². The highest BCUT2D eigenvalue weighted by molar-refractivity contribution is 8.00. The van der Waals surface area contributed by atoms with Gasteiger partial charge in [-0.3, -0.25) is 14.3 Å². The van der Waals surface area contributed by atoms with Crippen molar-refractivity contribution in [2.24, 2.45) is 12.8 Å². The summed E-state index contributed by atoms with van der Waals surface area (Å²) in [6, 6.07) is 7.20. The van der Waals surface area contributed by atoms with Crippen LogP contribution in [0.3, 0.4) is 0 Å². The zero-order chi connectivity index (χ0) is 17.7. The molecule has 0 saturated heterocycles. The lowest BCUT2D eigenvalue weighted by Crippen LogP contribution is -2.13. The summed E-state index contributed by atoms with van der Waals surface area (Å²) in [6.07, 6.45) is 3.02. The number of thioether (sulfide) groups is 1. The van der Waals surface area contributed by atoms with E-state index in [-0.39, 0.29) is 11.7 Å². The number of nitrogens with two attached hydrogens (primary N) is 1. The predicted molar refractivity (Wildman–Crippen MR) is 97.0 cm³/mol. The fourth-order valence-electron chi connectivity index (χ4n) is 2.01.